The minimum absolute atomic E-state index is 0. The van der Waals surface area contributed by atoms with Crippen LogP contribution in [0.5, 0.6) is 0 Å². The number of nitrogens with zero attached hydrogens (tertiary/aromatic N) is 3. The molecule has 0 bridgehead atoms. The van der Waals surface area contributed by atoms with Gasteiger partial charge in [-0.1, -0.05) is 13.3 Å². The van der Waals surface area contributed by atoms with Crippen LogP contribution in [-0.2, 0) is 0 Å². The molecule has 2 fully saturated rings. The number of guanidine groups is 1. The summed E-state index contributed by atoms with van der Waals surface area (Å²) in [6.45, 7) is 12.1. The monoisotopic (exact) mass is 409 g/mol. The third kappa shape index (κ3) is 6.28. The Morgan fingerprint density at radius 2 is 1.95 bits per heavy atom. The van der Waals surface area contributed by atoms with Crippen LogP contribution in [0.1, 0.15) is 33.1 Å². The highest BCUT2D eigenvalue weighted by atomic mass is 127. The van der Waals surface area contributed by atoms with Crippen molar-refractivity contribution >= 4 is 29.9 Å². The van der Waals surface area contributed by atoms with Gasteiger partial charge in [-0.15, -0.1) is 24.0 Å². The lowest BCUT2D eigenvalue weighted by Gasteiger charge is -2.37. The number of rotatable bonds is 6. The van der Waals surface area contributed by atoms with E-state index in [4.69, 9.17) is 5.73 Å². The standard InChI is InChI=1S/C15H31N5.HI/c1-3-19-7-9-20(10-8-19)13(2)11-17-15(16)18-12-14-5-4-6-14;/h13-14H,3-12H2,1-2H3,(H3,16,17,18);1H. The summed E-state index contributed by atoms with van der Waals surface area (Å²) in [5.74, 6) is 1.44. The van der Waals surface area contributed by atoms with Gasteiger partial charge < -0.3 is 16.0 Å². The van der Waals surface area contributed by atoms with Crippen molar-refractivity contribution in [3.05, 3.63) is 0 Å². The van der Waals surface area contributed by atoms with E-state index in [2.05, 4.69) is 34.0 Å². The van der Waals surface area contributed by atoms with Crippen molar-refractivity contribution in [3.63, 3.8) is 0 Å². The second-order valence-corrected chi connectivity index (χ2v) is 6.22. The molecule has 0 radical (unpaired) electrons. The lowest BCUT2D eigenvalue weighted by molar-refractivity contribution is 0.109. The second-order valence-electron chi connectivity index (χ2n) is 6.22. The van der Waals surface area contributed by atoms with E-state index in [0.717, 1.165) is 32.1 Å². The predicted molar refractivity (Wildman–Crippen MR) is 100 cm³/mol. The van der Waals surface area contributed by atoms with Gasteiger partial charge in [-0.25, -0.2) is 0 Å². The van der Waals surface area contributed by atoms with E-state index in [1.54, 1.807) is 0 Å². The molecule has 0 spiro atoms. The van der Waals surface area contributed by atoms with Crippen molar-refractivity contribution < 1.29 is 0 Å². The van der Waals surface area contributed by atoms with Gasteiger partial charge in [0.05, 0.1) is 6.54 Å². The molecule has 124 valence electrons. The first kappa shape index (κ1) is 19.0. The van der Waals surface area contributed by atoms with Gasteiger partial charge in [0.2, 0.25) is 0 Å². The number of nitrogens with two attached hydrogens (primary N) is 1. The van der Waals surface area contributed by atoms with E-state index in [0.29, 0.717) is 12.0 Å². The summed E-state index contributed by atoms with van der Waals surface area (Å²) in [6.07, 6.45) is 4.07. The van der Waals surface area contributed by atoms with Crippen LogP contribution in [-0.4, -0.2) is 67.6 Å². The zero-order valence-corrected chi connectivity index (χ0v) is 15.9. The van der Waals surface area contributed by atoms with Gasteiger partial charge in [0.15, 0.2) is 5.96 Å². The summed E-state index contributed by atoms with van der Waals surface area (Å²) >= 11 is 0. The van der Waals surface area contributed by atoms with E-state index in [9.17, 15) is 0 Å². The Kier molecular flexibility index (Phi) is 8.89. The fourth-order valence-electron chi connectivity index (χ4n) is 2.87. The van der Waals surface area contributed by atoms with Gasteiger partial charge in [0.1, 0.15) is 0 Å². The molecule has 1 atom stereocenters. The SMILES string of the molecule is CCN1CCN(C(C)CN=C(N)NCC2CCC2)CC1.I. The molecule has 0 aromatic carbocycles. The molecule has 1 aliphatic heterocycles. The first-order valence-electron chi connectivity index (χ1n) is 8.19. The third-order valence-corrected chi connectivity index (χ3v) is 4.80. The molecule has 1 unspecified atom stereocenters. The highest BCUT2D eigenvalue weighted by Gasteiger charge is 2.20. The van der Waals surface area contributed by atoms with Crippen LogP contribution in [0.25, 0.3) is 0 Å². The van der Waals surface area contributed by atoms with E-state index in [-0.39, 0.29) is 24.0 Å². The Balaban J connectivity index is 0.00000220. The zero-order valence-electron chi connectivity index (χ0n) is 13.6. The molecule has 1 aliphatic carbocycles. The lowest BCUT2D eigenvalue weighted by Crippen LogP contribution is -2.50. The molecular formula is C15H32IN5. The molecule has 0 amide bonds. The Morgan fingerprint density at radius 1 is 1.29 bits per heavy atom. The molecule has 3 N–H and O–H groups in total. The summed E-state index contributed by atoms with van der Waals surface area (Å²) in [7, 11) is 0. The first-order valence-corrected chi connectivity index (χ1v) is 8.19. The first-order chi connectivity index (χ1) is 9.69. The summed E-state index contributed by atoms with van der Waals surface area (Å²) in [5, 5.41) is 3.26. The largest absolute Gasteiger partial charge is 0.370 e. The molecule has 2 rings (SSSR count). The average Bonchev–Trinajstić information content (AvgIpc) is 2.43. The second kappa shape index (κ2) is 9.84. The van der Waals surface area contributed by atoms with Crippen molar-refractivity contribution in [2.75, 3.05) is 45.8 Å². The maximum atomic E-state index is 5.93. The number of nitrogens with one attached hydrogen (secondary N) is 1. The molecule has 0 aromatic rings. The Labute approximate surface area is 146 Å². The summed E-state index contributed by atoms with van der Waals surface area (Å²) in [5.41, 5.74) is 5.93. The van der Waals surface area contributed by atoms with Crippen LogP contribution in [0.2, 0.25) is 0 Å². The molecule has 5 nitrogen and oxygen atoms in total. The fourth-order valence-corrected chi connectivity index (χ4v) is 2.87. The number of hydrogen-bond donors (Lipinski definition) is 2. The normalized spacial score (nSPS) is 23.2. The van der Waals surface area contributed by atoms with Crippen molar-refractivity contribution in [2.24, 2.45) is 16.6 Å². The fraction of sp³-hybridized carbons (Fsp3) is 0.933. The predicted octanol–water partition coefficient (Wildman–Crippen LogP) is 1.33. The molecule has 21 heavy (non-hydrogen) atoms. The Bertz CT molecular complexity index is 311. The Morgan fingerprint density at radius 3 is 2.48 bits per heavy atom. The Hall–Kier alpha value is -0.0800. The maximum Gasteiger partial charge on any atom is 0.188 e. The lowest BCUT2D eigenvalue weighted by atomic mass is 9.85. The van der Waals surface area contributed by atoms with E-state index < -0.39 is 0 Å². The highest BCUT2D eigenvalue weighted by molar-refractivity contribution is 14.0. The molecule has 1 saturated carbocycles. The topological polar surface area (TPSA) is 56.9 Å². The number of aliphatic imine (C=N–C) groups is 1. The molecule has 6 heteroatoms. The van der Waals surface area contributed by atoms with E-state index in [1.807, 2.05) is 0 Å². The summed E-state index contributed by atoms with van der Waals surface area (Å²) < 4.78 is 0. The van der Waals surface area contributed by atoms with Gasteiger partial charge in [0, 0.05) is 38.8 Å². The maximum absolute atomic E-state index is 5.93. The molecular weight excluding hydrogens is 377 g/mol. The zero-order chi connectivity index (χ0) is 14.4. The van der Waals surface area contributed by atoms with Crippen molar-refractivity contribution in [1.82, 2.24) is 15.1 Å². The van der Waals surface area contributed by atoms with Gasteiger partial charge in [-0.2, -0.15) is 0 Å². The van der Waals surface area contributed by atoms with E-state index in [1.165, 1.54) is 38.9 Å². The quantitative estimate of drug-likeness (QED) is 0.395. The molecule has 2 aliphatic rings. The average molecular weight is 409 g/mol. The highest BCUT2D eigenvalue weighted by Crippen LogP contribution is 2.24. The smallest absolute Gasteiger partial charge is 0.188 e. The van der Waals surface area contributed by atoms with Crippen molar-refractivity contribution in [3.8, 4) is 0 Å². The summed E-state index contributed by atoms with van der Waals surface area (Å²) in [6, 6.07) is 0.484. The van der Waals surface area contributed by atoms with Gasteiger partial charge >= 0.3 is 0 Å². The van der Waals surface area contributed by atoms with Crippen molar-refractivity contribution in [2.45, 2.75) is 39.2 Å². The number of likely N-dealkylation sites (N-methyl/N-ethyl adjacent to an activating group) is 1. The summed E-state index contributed by atoms with van der Waals surface area (Å²) in [4.78, 5) is 9.52. The van der Waals surface area contributed by atoms with Crippen LogP contribution >= 0.6 is 24.0 Å². The van der Waals surface area contributed by atoms with Gasteiger partial charge in [-0.3, -0.25) is 9.89 Å². The minimum Gasteiger partial charge on any atom is -0.370 e. The number of halogens is 1. The van der Waals surface area contributed by atoms with Crippen LogP contribution in [0.3, 0.4) is 0 Å². The van der Waals surface area contributed by atoms with Gasteiger partial charge in [-0.05, 0) is 32.2 Å². The number of hydrogen-bond acceptors (Lipinski definition) is 3. The molecule has 1 saturated heterocycles. The van der Waals surface area contributed by atoms with Crippen LogP contribution in [0.4, 0.5) is 0 Å². The van der Waals surface area contributed by atoms with Crippen molar-refractivity contribution in [1.29, 1.82) is 0 Å². The minimum atomic E-state index is 0. The molecule has 0 aromatic heterocycles. The van der Waals surface area contributed by atoms with Gasteiger partial charge in [0.25, 0.3) is 0 Å². The van der Waals surface area contributed by atoms with E-state index >= 15 is 0 Å². The van der Waals surface area contributed by atoms with Crippen LogP contribution in [0.15, 0.2) is 4.99 Å². The molecule has 1 heterocycles. The van der Waals surface area contributed by atoms with Crippen LogP contribution < -0.4 is 11.1 Å². The number of piperazine rings is 1. The third-order valence-electron chi connectivity index (χ3n) is 4.80. The van der Waals surface area contributed by atoms with Crippen LogP contribution in [0, 0.1) is 5.92 Å².